The molecule has 0 N–H and O–H groups in total. The molecule has 0 aromatic heterocycles. The SMILES string of the molecule is [c]1ccc(C2C=CC=C2)cc1. The summed E-state index contributed by atoms with van der Waals surface area (Å²) in [6, 6.07) is 11.1. The average Bonchev–Trinajstić information content (AvgIpc) is 2.58. The molecule has 0 saturated heterocycles. The van der Waals surface area contributed by atoms with E-state index in [0.717, 1.165) is 0 Å². The van der Waals surface area contributed by atoms with Crippen LogP contribution in [0.3, 0.4) is 0 Å². The summed E-state index contributed by atoms with van der Waals surface area (Å²) in [5.74, 6) is 0.490. The lowest BCUT2D eigenvalue weighted by molar-refractivity contribution is 1.10. The Labute approximate surface area is 66.9 Å². The zero-order valence-corrected chi connectivity index (χ0v) is 6.20. The van der Waals surface area contributed by atoms with Gasteiger partial charge in [0, 0.05) is 5.92 Å². The fourth-order valence-electron chi connectivity index (χ4n) is 1.28. The molecule has 0 fully saturated rings. The molecule has 1 aromatic carbocycles. The second-order valence-corrected chi connectivity index (χ2v) is 2.63. The van der Waals surface area contributed by atoms with Gasteiger partial charge in [0.25, 0.3) is 0 Å². The Balaban J connectivity index is 2.30. The number of allylic oxidation sites excluding steroid dienone is 4. The third-order valence-electron chi connectivity index (χ3n) is 1.88. The van der Waals surface area contributed by atoms with Gasteiger partial charge in [-0.25, -0.2) is 0 Å². The summed E-state index contributed by atoms with van der Waals surface area (Å²) in [6.45, 7) is 0. The van der Waals surface area contributed by atoms with Gasteiger partial charge in [0.05, 0.1) is 0 Å². The van der Waals surface area contributed by atoms with E-state index in [1.165, 1.54) is 5.56 Å². The normalized spacial score (nSPS) is 16.0. The van der Waals surface area contributed by atoms with Crippen LogP contribution < -0.4 is 0 Å². The predicted octanol–water partition coefficient (Wildman–Crippen LogP) is 2.70. The van der Waals surface area contributed by atoms with Crippen molar-refractivity contribution in [2.45, 2.75) is 5.92 Å². The second-order valence-electron chi connectivity index (χ2n) is 2.63. The van der Waals surface area contributed by atoms with E-state index in [2.05, 4.69) is 42.5 Å². The Morgan fingerprint density at radius 2 is 1.64 bits per heavy atom. The third kappa shape index (κ3) is 1.25. The average molecular weight is 141 g/mol. The van der Waals surface area contributed by atoms with Crippen molar-refractivity contribution in [1.29, 1.82) is 0 Å². The molecule has 0 heteroatoms. The molecule has 0 unspecified atom stereocenters. The molecule has 0 heterocycles. The number of hydrogen-bond donors (Lipinski definition) is 0. The van der Waals surface area contributed by atoms with Crippen molar-refractivity contribution in [3.05, 3.63) is 60.2 Å². The summed E-state index contributed by atoms with van der Waals surface area (Å²) in [7, 11) is 0. The first-order valence-electron chi connectivity index (χ1n) is 3.78. The molecule has 1 aromatic rings. The summed E-state index contributed by atoms with van der Waals surface area (Å²) in [6.07, 6.45) is 8.55. The molecule has 0 aliphatic heterocycles. The van der Waals surface area contributed by atoms with Gasteiger partial charge >= 0.3 is 0 Å². The minimum absolute atomic E-state index is 0.490. The van der Waals surface area contributed by atoms with Crippen molar-refractivity contribution in [3.63, 3.8) is 0 Å². The Kier molecular flexibility index (Phi) is 1.60. The summed E-state index contributed by atoms with van der Waals surface area (Å²) in [4.78, 5) is 0. The Morgan fingerprint density at radius 1 is 1.00 bits per heavy atom. The highest BCUT2D eigenvalue weighted by molar-refractivity contribution is 5.34. The van der Waals surface area contributed by atoms with Crippen LogP contribution in [0.2, 0.25) is 0 Å². The minimum Gasteiger partial charge on any atom is -0.0732 e. The van der Waals surface area contributed by atoms with E-state index in [0.29, 0.717) is 5.92 Å². The highest BCUT2D eigenvalue weighted by Crippen LogP contribution is 2.21. The van der Waals surface area contributed by atoms with Crippen LogP contribution in [-0.4, -0.2) is 0 Å². The maximum absolute atomic E-state index is 3.01. The topological polar surface area (TPSA) is 0 Å². The van der Waals surface area contributed by atoms with Gasteiger partial charge in [-0.3, -0.25) is 0 Å². The van der Waals surface area contributed by atoms with Gasteiger partial charge in [-0.1, -0.05) is 48.6 Å². The van der Waals surface area contributed by atoms with Gasteiger partial charge in [0.15, 0.2) is 0 Å². The fraction of sp³-hybridized carbons (Fsp3) is 0.0909. The molecular weight excluding hydrogens is 132 g/mol. The molecule has 0 atom stereocenters. The highest BCUT2D eigenvalue weighted by Gasteiger charge is 2.04. The van der Waals surface area contributed by atoms with Crippen LogP contribution in [0.5, 0.6) is 0 Å². The summed E-state index contributed by atoms with van der Waals surface area (Å²) < 4.78 is 0. The lowest BCUT2D eigenvalue weighted by Gasteiger charge is -2.03. The summed E-state index contributed by atoms with van der Waals surface area (Å²) >= 11 is 0. The van der Waals surface area contributed by atoms with Crippen LogP contribution in [0.15, 0.2) is 48.6 Å². The maximum Gasteiger partial charge on any atom is 0.0204 e. The van der Waals surface area contributed by atoms with Crippen LogP contribution in [-0.2, 0) is 0 Å². The maximum atomic E-state index is 3.01. The van der Waals surface area contributed by atoms with Crippen LogP contribution in [0.4, 0.5) is 0 Å². The van der Waals surface area contributed by atoms with E-state index < -0.39 is 0 Å². The zero-order chi connectivity index (χ0) is 7.52. The van der Waals surface area contributed by atoms with Crippen molar-refractivity contribution in [1.82, 2.24) is 0 Å². The van der Waals surface area contributed by atoms with E-state index in [9.17, 15) is 0 Å². The van der Waals surface area contributed by atoms with E-state index in [4.69, 9.17) is 0 Å². The first-order valence-corrected chi connectivity index (χ1v) is 3.78. The van der Waals surface area contributed by atoms with Crippen molar-refractivity contribution >= 4 is 0 Å². The van der Waals surface area contributed by atoms with Gasteiger partial charge in [0.2, 0.25) is 0 Å². The molecule has 1 aliphatic carbocycles. The molecule has 1 radical (unpaired) electrons. The van der Waals surface area contributed by atoms with E-state index in [1.54, 1.807) is 0 Å². The van der Waals surface area contributed by atoms with Crippen LogP contribution in [0.25, 0.3) is 0 Å². The first kappa shape index (κ1) is 6.41. The number of hydrogen-bond acceptors (Lipinski definition) is 0. The van der Waals surface area contributed by atoms with Crippen LogP contribution in [0.1, 0.15) is 11.5 Å². The fourth-order valence-corrected chi connectivity index (χ4v) is 1.28. The molecule has 53 valence electrons. The first-order chi connectivity index (χ1) is 5.47. The molecule has 0 spiro atoms. The van der Waals surface area contributed by atoms with Crippen LogP contribution >= 0.6 is 0 Å². The van der Waals surface area contributed by atoms with Crippen LogP contribution in [0, 0.1) is 6.07 Å². The van der Waals surface area contributed by atoms with Gasteiger partial charge in [-0.05, 0) is 11.6 Å². The van der Waals surface area contributed by atoms with E-state index in [1.807, 2.05) is 12.1 Å². The van der Waals surface area contributed by atoms with Gasteiger partial charge < -0.3 is 0 Å². The molecule has 0 amide bonds. The molecule has 0 nitrogen and oxygen atoms in total. The standard InChI is InChI=1S/C11H9/c1-2-6-10(7-3-1)11-8-4-5-9-11/h2-9,11H. The Hall–Kier alpha value is -1.30. The molecule has 0 saturated carbocycles. The minimum atomic E-state index is 0.490. The molecule has 11 heavy (non-hydrogen) atoms. The van der Waals surface area contributed by atoms with E-state index >= 15 is 0 Å². The molecule has 2 rings (SSSR count). The quantitative estimate of drug-likeness (QED) is 0.564. The molecule has 0 bridgehead atoms. The Morgan fingerprint density at radius 3 is 2.27 bits per heavy atom. The number of rotatable bonds is 1. The highest BCUT2D eigenvalue weighted by atomic mass is 14.1. The second kappa shape index (κ2) is 2.75. The van der Waals surface area contributed by atoms with Crippen molar-refractivity contribution in [3.8, 4) is 0 Å². The molecule has 1 aliphatic rings. The smallest absolute Gasteiger partial charge is 0.0204 e. The van der Waals surface area contributed by atoms with Crippen molar-refractivity contribution in [2.24, 2.45) is 0 Å². The lowest BCUT2D eigenvalue weighted by Crippen LogP contribution is -1.86. The largest absolute Gasteiger partial charge is 0.0732 e. The van der Waals surface area contributed by atoms with Crippen molar-refractivity contribution in [2.75, 3.05) is 0 Å². The van der Waals surface area contributed by atoms with E-state index in [-0.39, 0.29) is 0 Å². The molecular formula is C11H9. The lowest BCUT2D eigenvalue weighted by atomic mass is 10.0. The third-order valence-corrected chi connectivity index (χ3v) is 1.88. The summed E-state index contributed by atoms with van der Waals surface area (Å²) in [5, 5.41) is 0. The van der Waals surface area contributed by atoms with Gasteiger partial charge in [-0.15, -0.1) is 0 Å². The number of benzene rings is 1. The van der Waals surface area contributed by atoms with Gasteiger partial charge in [0.1, 0.15) is 0 Å². The Bertz CT molecular complexity index is 268. The predicted molar refractivity (Wildman–Crippen MR) is 46.3 cm³/mol. The summed E-state index contributed by atoms with van der Waals surface area (Å²) in [5.41, 5.74) is 1.34. The van der Waals surface area contributed by atoms with Crippen molar-refractivity contribution < 1.29 is 0 Å². The monoisotopic (exact) mass is 141 g/mol. The van der Waals surface area contributed by atoms with Gasteiger partial charge in [-0.2, -0.15) is 0 Å². The zero-order valence-electron chi connectivity index (χ0n) is 6.20.